The first-order valence-corrected chi connectivity index (χ1v) is 10.7. The third kappa shape index (κ3) is 4.37. The lowest BCUT2D eigenvalue weighted by molar-refractivity contribution is 0.142. The van der Waals surface area contributed by atoms with E-state index >= 15 is 0 Å². The molecular weight excluding hydrogens is 468 g/mol. The zero-order valence-corrected chi connectivity index (χ0v) is 19.1. The molecule has 4 aromatic heterocycles. The molecule has 0 saturated carbocycles. The number of aromatic nitrogens is 6. The summed E-state index contributed by atoms with van der Waals surface area (Å²) < 4.78 is 34.3. The lowest BCUT2D eigenvalue weighted by Crippen LogP contribution is -2.01. The molecule has 0 bridgehead atoms. The van der Waals surface area contributed by atoms with Gasteiger partial charge in [0, 0.05) is 18.7 Å². The molecule has 10 nitrogen and oxygen atoms in total. The van der Waals surface area contributed by atoms with Crippen LogP contribution in [-0.4, -0.2) is 36.6 Å². The van der Waals surface area contributed by atoms with E-state index in [0.717, 1.165) is 11.3 Å². The van der Waals surface area contributed by atoms with E-state index in [0.29, 0.717) is 34.3 Å². The lowest BCUT2D eigenvalue weighted by atomic mass is 10.1. The van der Waals surface area contributed by atoms with Crippen molar-refractivity contribution in [1.29, 1.82) is 5.26 Å². The number of ether oxygens (including phenoxy) is 1. The van der Waals surface area contributed by atoms with Gasteiger partial charge in [-0.15, -0.1) is 0 Å². The van der Waals surface area contributed by atoms with Gasteiger partial charge in [-0.05, 0) is 24.3 Å². The number of fused-ring (bicyclic) bond motifs is 1. The third-order valence-electron chi connectivity index (χ3n) is 5.39. The Morgan fingerprint density at radius 2 is 1.92 bits per heavy atom. The van der Waals surface area contributed by atoms with E-state index in [9.17, 15) is 8.78 Å². The monoisotopic (exact) mass is 487 g/mol. The summed E-state index contributed by atoms with van der Waals surface area (Å²) in [5.41, 5.74) is 3.43. The molecule has 1 aromatic carbocycles. The Kier molecular flexibility index (Phi) is 5.87. The molecule has 0 spiro atoms. The van der Waals surface area contributed by atoms with Crippen LogP contribution in [0.3, 0.4) is 0 Å². The number of hydrogen-bond acceptors (Lipinski definition) is 8. The van der Waals surface area contributed by atoms with E-state index in [1.807, 2.05) is 35.9 Å². The maximum atomic E-state index is 13.4. The van der Waals surface area contributed by atoms with Gasteiger partial charge in [0.2, 0.25) is 0 Å². The van der Waals surface area contributed by atoms with Crippen LogP contribution >= 0.6 is 0 Å². The smallest absolute Gasteiger partial charge is 0.295 e. The fourth-order valence-corrected chi connectivity index (χ4v) is 3.70. The van der Waals surface area contributed by atoms with Crippen molar-refractivity contribution in [3.63, 3.8) is 0 Å². The number of nitrogens with zero attached hydrogens (tertiary/aromatic N) is 6. The number of benzene rings is 1. The van der Waals surface area contributed by atoms with E-state index in [1.54, 1.807) is 43.9 Å². The summed E-state index contributed by atoms with van der Waals surface area (Å²) in [4.78, 5) is 19.2. The van der Waals surface area contributed by atoms with Crippen LogP contribution in [0.15, 0.2) is 55.0 Å². The minimum Gasteiger partial charge on any atom is -0.495 e. The number of rotatable bonds is 7. The quantitative estimate of drug-likeness (QED) is 0.291. The van der Waals surface area contributed by atoms with Crippen molar-refractivity contribution in [2.45, 2.75) is 6.43 Å². The molecule has 0 aliphatic heterocycles. The molecule has 3 N–H and O–H groups in total. The highest BCUT2D eigenvalue weighted by molar-refractivity contribution is 5.91. The van der Waals surface area contributed by atoms with Crippen LogP contribution in [-0.2, 0) is 7.05 Å². The van der Waals surface area contributed by atoms with Gasteiger partial charge in [0.05, 0.1) is 36.7 Å². The molecule has 0 radical (unpaired) electrons. The fourth-order valence-electron chi connectivity index (χ4n) is 3.70. The second kappa shape index (κ2) is 9.30. The predicted molar refractivity (Wildman–Crippen MR) is 130 cm³/mol. The molecule has 0 unspecified atom stereocenters. The maximum absolute atomic E-state index is 13.4. The summed E-state index contributed by atoms with van der Waals surface area (Å²) in [6.45, 7) is 0. The van der Waals surface area contributed by atoms with Crippen molar-refractivity contribution in [2.24, 2.45) is 7.05 Å². The molecular formula is C24H19F2N9O. The zero-order chi connectivity index (χ0) is 25.2. The number of H-pyrrole nitrogens is 1. The van der Waals surface area contributed by atoms with Gasteiger partial charge in [-0.3, -0.25) is 0 Å². The van der Waals surface area contributed by atoms with Gasteiger partial charge in [-0.2, -0.15) is 5.26 Å². The Balaban J connectivity index is 1.56. The van der Waals surface area contributed by atoms with Gasteiger partial charge in [0.25, 0.3) is 6.43 Å². The first-order valence-electron chi connectivity index (χ1n) is 10.7. The first-order chi connectivity index (χ1) is 17.4. The normalized spacial score (nSPS) is 11.0. The van der Waals surface area contributed by atoms with E-state index in [-0.39, 0.29) is 11.3 Å². The van der Waals surface area contributed by atoms with Crippen molar-refractivity contribution < 1.29 is 13.5 Å². The van der Waals surface area contributed by atoms with Crippen LogP contribution in [0.2, 0.25) is 0 Å². The van der Waals surface area contributed by atoms with Gasteiger partial charge in [0.15, 0.2) is 11.5 Å². The van der Waals surface area contributed by atoms with Crippen molar-refractivity contribution >= 4 is 34.2 Å². The van der Waals surface area contributed by atoms with E-state index < -0.39 is 12.2 Å². The van der Waals surface area contributed by atoms with Crippen LogP contribution in [0, 0.1) is 11.3 Å². The summed E-state index contributed by atoms with van der Waals surface area (Å²) in [6, 6.07) is 14.1. The standard InChI is InChI=1S/C24H19F2N9O/c1-35-12-28-11-17(35)13-6-7-15(18(8-13)36-2)30-16-9-20(31-19-5-3-4-14(10-27)29-19)32-23-21(16)33-24(34-23)22(25)26/h3-9,11-12,22H,1-2H3,(H3,29,30,31,32,33,34). The number of methoxy groups -OCH3 is 1. The van der Waals surface area contributed by atoms with Crippen LogP contribution < -0.4 is 15.4 Å². The van der Waals surface area contributed by atoms with Crippen molar-refractivity contribution in [3.8, 4) is 23.1 Å². The number of nitriles is 1. The number of anilines is 4. The molecule has 5 rings (SSSR count). The fraction of sp³-hybridized carbons (Fsp3) is 0.125. The molecule has 0 fully saturated rings. The molecule has 5 aromatic rings. The maximum Gasteiger partial charge on any atom is 0.295 e. The zero-order valence-electron chi connectivity index (χ0n) is 19.1. The van der Waals surface area contributed by atoms with E-state index in [2.05, 4.69) is 35.6 Å². The second-order valence-electron chi connectivity index (χ2n) is 7.75. The topological polar surface area (TPSA) is 129 Å². The summed E-state index contributed by atoms with van der Waals surface area (Å²) >= 11 is 0. The molecule has 36 heavy (non-hydrogen) atoms. The average molecular weight is 487 g/mol. The molecule has 0 atom stereocenters. The van der Waals surface area contributed by atoms with Crippen molar-refractivity contribution in [1.82, 2.24) is 29.5 Å². The van der Waals surface area contributed by atoms with Crippen molar-refractivity contribution in [2.75, 3.05) is 17.7 Å². The number of alkyl halides is 2. The predicted octanol–water partition coefficient (Wildman–Crippen LogP) is 5.06. The Labute approximate surface area is 203 Å². The first kappa shape index (κ1) is 22.7. The number of hydrogen-bond donors (Lipinski definition) is 3. The van der Waals surface area contributed by atoms with Gasteiger partial charge in [0.1, 0.15) is 34.7 Å². The van der Waals surface area contributed by atoms with Crippen LogP contribution in [0.25, 0.3) is 22.4 Å². The Bertz CT molecular complexity index is 1600. The van der Waals surface area contributed by atoms with Gasteiger partial charge < -0.3 is 24.9 Å². The van der Waals surface area contributed by atoms with Gasteiger partial charge in [-0.25, -0.2) is 28.7 Å². The van der Waals surface area contributed by atoms with Gasteiger partial charge in [-0.1, -0.05) is 12.1 Å². The Morgan fingerprint density at radius 1 is 1.06 bits per heavy atom. The highest BCUT2D eigenvalue weighted by atomic mass is 19.3. The number of aromatic amines is 1. The molecule has 0 amide bonds. The summed E-state index contributed by atoms with van der Waals surface area (Å²) in [6.07, 6.45) is 0.652. The number of aryl methyl sites for hydroxylation is 1. The Morgan fingerprint density at radius 3 is 2.64 bits per heavy atom. The SMILES string of the molecule is COc1cc(-c2cncn2C)ccc1Nc1cc(Nc2cccc(C#N)n2)nc2nc(C(F)F)[nH]c12. The summed E-state index contributed by atoms with van der Waals surface area (Å²) in [5, 5.41) is 15.3. The number of nitrogens with one attached hydrogen (secondary N) is 3. The highest BCUT2D eigenvalue weighted by Crippen LogP contribution is 2.35. The molecule has 0 saturated heterocycles. The minimum atomic E-state index is -2.80. The summed E-state index contributed by atoms with van der Waals surface area (Å²) in [5.74, 6) is 0.700. The lowest BCUT2D eigenvalue weighted by Gasteiger charge is -2.14. The molecule has 180 valence electrons. The Hall–Kier alpha value is -5.05. The van der Waals surface area contributed by atoms with Crippen LogP contribution in [0.4, 0.5) is 31.8 Å². The third-order valence-corrected chi connectivity index (χ3v) is 5.39. The van der Waals surface area contributed by atoms with Gasteiger partial charge >= 0.3 is 0 Å². The molecule has 0 aliphatic carbocycles. The second-order valence-corrected chi connectivity index (χ2v) is 7.75. The number of imidazole rings is 2. The largest absolute Gasteiger partial charge is 0.495 e. The summed E-state index contributed by atoms with van der Waals surface area (Å²) in [7, 11) is 3.44. The van der Waals surface area contributed by atoms with Crippen LogP contribution in [0.5, 0.6) is 5.75 Å². The molecule has 12 heteroatoms. The van der Waals surface area contributed by atoms with Crippen LogP contribution in [0.1, 0.15) is 17.9 Å². The number of pyridine rings is 2. The van der Waals surface area contributed by atoms with E-state index in [1.165, 1.54) is 0 Å². The average Bonchev–Trinajstić information content (AvgIpc) is 3.51. The highest BCUT2D eigenvalue weighted by Gasteiger charge is 2.18. The minimum absolute atomic E-state index is 0.0831. The van der Waals surface area contributed by atoms with E-state index in [4.69, 9.17) is 10.00 Å². The number of halogens is 2. The molecule has 4 heterocycles. The van der Waals surface area contributed by atoms with Crippen molar-refractivity contribution in [3.05, 3.63) is 66.5 Å². The molecule has 0 aliphatic rings.